The monoisotopic (exact) mass is 345 g/mol. The summed E-state index contributed by atoms with van der Waals surface area (Å²) in [5.74, 6) is 1.56. The van der Waals surface area contributed by atoms with Crippen molar-refractivity contribution >= 4 is 5.78 Å². The Morgan fingerprint density at radius 2 is 1.64 bits per heavy atom. The summed E-state index contributed by atoms with van der Waals surface area (Å²) in [4.78, 5) is 14.9. The highest BCUT2D eigenvalue weighted by atomic mass is 16.1. The molecule has 1 aliphatic heterocycles. The van der Waals surface area contributed by atoms with Crippen molar-refractivity contribution < 1.29 is 4.79 Å². The van der Waals surface area contributed by atoms with Gasteiger partial charge in [-0.05, 0) is 50.0 Å². The van der Waals surface area contributed by atoms with Gasteiger partial charge in [0.05, 0.1) is 12.2 Å². The molecule has 0 spiro atoms. The van der Waals surface area contributed by atoms with Crippen LogP contribution in [0.15, 0.2) is 12.4 Å². The van der Waals surface area contributed by atoms with Crippen molar-refractivity contribution in [2.45, 2.75) is 84.2 Å². The maximum Gasteiger partial charge on any atom is 0.138 e. The van der Waals surface area contributed by atoms with Crippen LogP contribution in [-0.4, -0.2) is 39.6 Å². The summed E-state index contributed by atoms with van der Waals surface area (Å²) in [6.07, 6.45) is 11.3. The average molecular weight is 346 g/mol. The van der Waals surface area contributed by atoms with Crippen molar-refractivity contribution in [1.29, 1.82) is 0 Å². The van der Waals surface area contributed by atoms with Gasteiger partial charge in [0.2, 0.25) is 0 Å². The molecule has 1 saturated heterocycles. The van der Waals surface area contributed by atoms with Crippen LogP contribution in [0.25, 0.3) is 0 Å². The summed E-state index contributed by atoms with van der Waals surface area (Å²) < 4.78 is 2.20. The Bertz CT molecular complexity index is 561. The first kappa shape index (κ1) is 18.6. The van der Waals surface area contributed by atoms with Crippen LogP contribution >= 0.6 is 0 Å². The molecular weight excluding hydrogens is 310 g/mol. The first-order valence-electron chi connectivity index (χ1n) is 10.3. The van der Waals surface area contributed by atoms with Crippen molar-refractivity contribution in [1.82, 2.24) is 14.7 Å². The SMILES string of the molecule is CC(C)c1cnn(C2CCN([C@H]3CC[C@@H](C(=O)C(C)C)CC3)CC2)c1. The van der Waals surface area contributed by atoms with Crippen LogP contribution in [-0.2, 0) is 4.79 Å². The number of piperidine rings is 1. The zero-order chi connectivity index (χ0) is 18.0. The maximum absolute atomic E-state index is 12.2. The van der Waals surface area contributed by atoms with Gasteiger partial charge in [-0.2, -0.15) is 5.10 Å². The molecule has 1 aromatic rings. The van der Waals surface area contributed by atoms with E-state index >= 15 is 0 Å². The Morgan fingerprint density at radius 1 is 1.00 bits per heavy atom. The Hall–Kier alpha value is -1.16. The Kier molecular flexibility index (Phi) is 5.98. The van der Waals surface area contributed by atoms with Gasteiger partial charge in [-0.25, -0.2) is 0 Å². The van der Waals surface area contributed by atoms with Gasteiger partial charge in [-0.1, -0.05) is 27.7 Å². The van der Waals surface area contributed by atoms with Gasteiger partial charge < -0.3 is 4.90 Å². The van der Waals surface area contributed by atoms with Gasteiger partial charge in [-0.3, -0.25) is 9.48 Å². The van der Waals surface area contributed by atoms with Crippen LogP contribution < -0.4 is 0 Å². The summed E-state index contributed by atoms with van der Waals surface area (Å²) in [6, 6.07) is 1.25. The number of aromatic nitrogens is 2. The molecule has 2 fully saturated rings. The third-order valence-corrected chi connectivity index (χ3v) is 6.35. The Morgan fingerprint density at radius 3 is 2.16 bits per heavy atom. The van der Waals surface area contributed by atoms with Crippen molar-refractivity contribution in [2.24, 2.45) is 11.8 Å². The standard InChI is InChI=1S/C21H35N3O/c1-15(2)18-13-22-24(14-18)20-9-11-23(12-10-20)19-7-5-17(6-8-19)21(25)16(3)4/h13-17,19-20H,5-12H2,1-4H3/t17-,19+. The summed E-state index contributed by atoms with van der Waals surface area (Å²) in [7, 11) is 0. The number of hydrogen-bond acceptors (Lipinski definition) is 3. The molecule has 0 atom stereocenters. The topological polar surface area (TPSA) is 38.1 Å². The van der Waals surface area contributed by atoms with E-state index in [2.05, 4.69) is 34.7 Å². The lowest BCUT2D eigenvalue weighted by Gasteiger charge is -2.40. The molecule has 4 nitrogen and oxygen atoms in total. The molecule has 25 heavy (non-hydrogen) atoms. The van der Waals surface area contributed by atoms with Crippen LogP contribution in [0.4, 0.5) is 0 Å². The second-order valence-corrected chi connectivity index (χ2v) is 8.74. The predicted molar refractivity (Wildman–Crippen MR) is 102 cm³/mol. The summed E-state index contributed by atoms with van der Waals surface area (Å²) in [6.45, 7) is 10.9. The highest BCUT2D eigenvalue weighted by Gasteiger charge is 2.32. The molecular formula is C21H35N3O. The molecule has 1 aromatic heterocycles. The van der Waals surface area contributed by atoms with E-state index in [9.17, 15) is 4.79 Å². The molecule has 0 N–H and O–H groups in total. The van der Waals surface area contributed by atoms with E-state index in [0.29, 0.717) is 29.7 Å². The second kappa shape index (κ2) is 8.03. The van der Waals surface area contributed by atoms with Crippen LogP contribution in [0.2, 0.25) is 0 Å². The molecule has 0 aromatic carbocycles. The molecule has 0 bridgehead atoms. The summed E-state index contributed by atoms with van der Waals surface area (Å²) >= 11 is 0. The predicted octanol–water partition coefficient (Wildman–Crippen LogP) is 4.43. The molecule has 2 heterocycles. The Balaban J connectivity index is 1.47. The first-order chi connectivity index (χ1) is 12.0. The van der Waals surface area contributed by atoms with E-state index in [4.69, 9.17) is 0 Å². The minimum absolute atomic E-state index is 0.196. The van der Waals surface area contributed by atoms with Gasteiger partial charge in [0, 0.05) is 37.2 Å². The van der Waals surface area contributed by atoms with Crippen molar-refractivity contribution in [3.63, 3.8) is 0 Å². The number of carbonyl (C=O) groups excluding carboxylic acids is 1. The highest BCUT2D eigenvalue weighted by molar-refractivity contribution is 5.82. The van der Waals surface area contributed by atoms with Gasteiger partial charge in [0.1, 0.15) is 5.78 Å². The third-order valence-electron chi connectivity index (χ3n) is 6.35. The molecule has 3 rings (SSSR count). The molecule has 0 amide bonds. The van der Waals surface area contributed by atoms with Gasteiger partial charge in [0.25, 0.3) is 0 Å². The minimum atomic E-state index is 0.196. The number of nitrogens with zero attached hydrogens (tertiary/aromatic N) is 3. The van der Waals surface area contributed by atoms with E-state index in [1.54, 1.807) is 0 Å². The lowest BCUT2D eigenvalue weighted by atomic mass is 9.79. The van der Waals surface area contributed by atoms with E-state index in [-0.39, 0.29) is 5.92 Å². The third kappa shape index (κ3) is 4.33. The number of ketones is 1. The zero-order valence-corrected chi connectivity index (χ0v) is 16.4. The van der Waals surface area contributed by atoms with Gasteiger partial charge >= 0.3 is 0 Å². The zero-order valence-electron chi connectivity index (χ0n) is 16.4. The lowest BCUT2D eigenvalue weighted by molar-refractivity contribution is -0.127. The van der Waals surface area contributed by atoms with Gasteiger partial charge in [-0.15, -0.1) is 0 Å². The minimum Gasteiger partial charge on any atom is -0.300 e. The molecule has 1 saturated carbocycles. The Labute approximate surface area is 153 Å². The van der Waals surface area contributed by atoms with Crippen LogP contribution in [0.5, 0.6) is 0 Å². The molecule has 4 heteroatoms. The lowest BCUT2D eigenvalue weighted by Crippen LogP contribution is -2.44. The molecule has 0 radical (unpaired) electrons. The fourth-order valence-electron chi connectivity index (χ4n) is 4.56. The number of rotatable bonds is 5. The number of hydrogen-bond donors (Lipinski definition) is 0. The maximum atomic E-state index is 12.2. The fraction of sp³-hybridized carbons (Fsp3) is 0.810. The van der Waals surface area contributed by atoms with E-state index in [1.807, 2.05) is 20.0 Å². The molecule has 1 aliphatic carbocycles. The van der Waals surface area contributed by atoms with Crippen molar-refractivity contribution in [3.8, 4) is 0 Å². The number of Topliss-reactive ketones (excluding diaryl/α,β-unsaturated/α-hetero) is 1. The van der Waals surface area contributed by atoms with Crippen LogP contribution in [0.3, 0.4) is 0 Å². The van der Waals surface area contributed by atoms with Crippen molar-refractivity contribution in [2.75, 3.05) is 13.1 Å². The van der Waals surface area contributed by atoms with Crippen LogP contribution in [0.1, 0.15) is 83.7 Å². The normalized spacial score (nSPS) is 26.5. The second-order valence-electron chi connectivity index (χ2n) is 8.74. The van der Waals surface area contributed by atoms with E-state index in [0.717, 1.165) is 12.8 Å². The largest absolute Gasteiger partial charge is 0.300 e. The number of carbonyl (C=O) groups is 1. The first-order valence-corrected chi connectivity index (χ1v) is 10.3. The van der Waals surface area contributed by atoms with Gasteiger partial charge in [0.15, 0.2) is 0 Å². The quantitative estimate of drug-likeness (QED) is 0.792. The summed E-state index contributed by atoms with van der Waals surface area (Å²) in [5, 5.41) is 4.61. The molecule has 2 aliphatic rings. The fourth-order valence-corrected chi connectivity index (χ4v) is 4.56. The number of likely N-dealkylation sites (tertiary alicyclic amines) is 1. The summed E-state index contributed by atoms with van der Waals surface area (Å²) in [5.41, 5.74) is 1.34. The van der Waals surface area contributed by atoms with Crippen molar-refractivity contribution in [3.05, 3.63) is 18.0 Å². The van der Waals surface area contributed by atoms with E-state index in [1.165, 1.54) is 44.3 Å². The molecule has 140 valence electrons. The molecule has 0 unspecified atom stereocenters. The smallest absolute Gasteiger partial charge is 0.138 e. The average Bonchev–Trinajstić information content (AvgIpc) is 3.12. The highest BCUT2D eigenvalue weighted by Crippen LogP contribution is 2.33. The van der Waals surface area contributed by atoms with Crippen LogP contribution in [0, 0.1) is 11.8 Å². The van der Waals surface area contributed by atoms with E-state index < -0.39 is 0 Å².